The fraction of sp³-hybridized carbons (Fsp3) is 0.545. The zero-order valence-corrected chi connectivity index (χ0v) is 10.5. The number of aromatic nitrogens is 2. The number of hydrogen-bond acceptors (Lipinski definition) is 4. The van der Waals surface area contributed by atoms with Gasteiger partial charge < -0.3 is 10.4 Å². The third-order valence-corrected chi connectivity index (χ3v) is 2.91. The molecule has 1 heterocycles. The van der Waals surface area contributed by atoms with Crippen LogP contribution in [0.15, 0.2) is 12.1 Å². The molecule has 1 aromatic rings. The lowest BCUT2D eigenvalue weighted by molar-refractivity contribution is -0.147. The fourth-order valence-electron chi connectivity index (χ4n) is 1.22. The number of nitrogens with one attached hydrogen (secondary N) is 1. The van der Waals surface area contributed by atoms with Crippen molar-refractivity contribution in [1.82, 2.24) is 10.2 Å². The molecule has 1 rings (SSSR count). The van der Waals surface area contributed by atoms with Crippen LogP contribution in [0.25, 0.3) is 0 Å². The van der Waals surface area contributed by atoms with Crippen LogP contribution in [0.2, 0.25) is 0 Å². The van der Waals surface area contributed by atoms with Crippen LogP contribution in [0.5, 0.6) is 0 Å². The second-order valence-electron chi connectivity index (χ2n) is 4.37. The minimum atomic E-state index is -4.54. The highest BCUT2D eigenvalue weighted by atomic mass is 19.4. The molecule has 5 nitrogen and oxygen atoms in total. The summed E-state index contributed by atoms with van der Waals surface area (Å²) in [7, 11) is 0. The maximum Gasteiger partial charge on any atom is 0.435 e. The molecule has 19 heavy (non-hydrogen) atoms. The topological polar surface area (TPSA) is 75.1 Å². The Bertz CT molecular complexity index is 447. The smallest absolute Gasteiger partial charge is 0.435 e. The summed E-state index contributed by atoms with van der Waals surface area (Å²) in [5.41, 5.74) is -2.10. The molecule has 0 amide bonds. The standard InChI is InChI=1S/C11H14F3N3O2/c1-3-10(2,9(18)19)6-15-8-5-4-7(16-17-8)11(12,13)14/h4-5H,3,6H2,1-2H3,(H,15,17)(H,18,19). The van der Waals surface area contributed by atoms with Gasteiger partial charge in [0.1, 0.15) is 5.82 Å². The maximum absolute atomic E-state index is 12.3. The lowest BCUT2D eigenvalue weighted by atomic mass is 9.88. The first-order chi connectivity index (χ1) is 8.69. The number of hydrogen-bond donors (Lipinski definition) is 2. The lowest BCUT2D eigenvalue weighted by Crippen LogP contribution is -2.34. The first-order valence-corrected chi connectivity index (χ1v) is 5.57. The first kappa shape index (κ1) is 15.2. The van der Waals surface area contributed by atoms with Gasteiger partial charge in [0.05, 0.1) is 5.41 Å². The average Bonchev–Trinajstić information content (AvgIpc) is 2.35. The van der Waals surface area contributed by atoms with Gasteiger partial charge >= 0.3 is 12.1 Å². The van der Waals surface area contributed by atoms with E-state index in [1.807, 2.05) is 0 Å². The predicted molar refractivity (Wildman–Crippen MR) is 61.6 cm³/mol. The van der Waals surface area contributed by atoms with Crippen LogP contribution in [0.3, 0.4) is 0 Å². The quantitative estimate of drug-likeness (QED) is 0.864. The molecule has 1 atom stereocenters. The van der Waals surface area contributed by atoms with Crippen molar-refractivity contribution in [3.8, 4) is 0 Å². The molecule has 0 saturated heterocycles. The van der Waals surface area contributed by atoms with Crippen LogP contribution in [-0.2, 0) is 11.0 Å². The third kappa shape index (κ3) is 3.80. The highest BCUT2D eigenvalue weighted by Gasteiger charge is 2.33. The SMILES string of the molecule is CCC(C)(CNc1ccc(C(F)(F)F)nn1)C(=O)O. The second kappa shape index (κ2) is 5.41. The highest BCUT2D eigenvalue weighted by Crippen LogP contribution is 2.27. The van der Waals surface area contributed by atoms with Gasteiger partial charge in [0.15, 0.2) is 5.69 Å². The van der Waals surface area contributed by atoms with Crippen LogP contribution in [0, 0.1) is 5.41 Å². The zero-order chi connectivity index (χ0) is 14.7. The van der Waals surface area contributed by atoms with Gasteiger partial charge in [0.25, 0.3) is 0 Å². The predicted octanol–water partition coefficient (Wildman–Crippen LogP) is 2.41. The normalized spacial score (nSPS) is 14.8. The minimum Gasteiger partial charge on any atom is -0.481 e. The molecule has 0 aromatic carbocycles. The lowest BCUT2D eigenvalue weighted by Gasteiger charge is -2.23. The van der Waals surface area contributed by atoms with E-state index in [-0.39, 0.29) is 12.4 Å². The summed E-state index contributed by atoms with van der Waals surface area (Å²) in [6, 6.07) is 1.91. The van der Waals surface area contributed by atoms with E-state index >= 15 is 0 Å². The van der Waals surface area contributed by atoms with Crippen molar-refractivity contribution in [3.63, 3.8) is 0 Å². The Balaban J connectivity index is 2.72. The number of aliphatic carboxylic acids is 1. The molecule has 0 aliphatic heterocycles. The van der Waals surface area contributed by atoms with E-state index in [1.165, 1.54) is 0 Å². The van der Waals surface area contributed by atoms with Gasteiger partial charge in [-0.15, -0.1) is 10.2 Å². The molecular formula is C11H14F3N3O2. The van der Waals surface area contributed by atoms with Gasteiger partial charge in [0, 0.05) is 6.54 Å². The summed E-state index contributed by atoms with van der Waals surface area (Å²) in [4.78, 5) is 11.0. The van der Waals surface area contributed by atoms with Crippen LogP contribution >= 0.6 is 0 Å². The van der Waals surface area contributed by atoms with Crippen molar-refractivity contribution >= 4 is 11.8 Å². The van der Waals surface area contributed by atoms with Crippen molar-refractivity contribution in [2.75, 3.05) is 11.9 Å². The molecule has 0 spiro atoms. The van der Waals surface area contributed by atoms with Crippen molar-refractivity contribution in [2.24, 2.45) is 5.41 Å². The van der Waals surface area contributed by atoms with Crippen LogP contribution in [0.1, 0.15) is 26.0 Å². The molecule has 0 aliphatic carbocycles. The summed E-state index contributed by atoms with van der Waals surface area (Å²) in [5.74, 6) is -0.878. The number of anilines is 1. The molecule has 0 aliphatic rings. The molecule has 0 radical (unpaired) electrons. The third-order valence-electron chi connectivity index (χ3n) is 2.91. The van der Waals surface area contributed by atoms with Crippen molar-refractivity contribution in [3.05, 3.63) is 17.8 Å². The molecule has 2 N–H and O–H groups in total. The zero-order valence-electron chi connectivity index (χ0n) is 10.5. The van der Waals surface area contributed by atoms with Crippen molar-refractivity contribution in [1.29, 1.82) is 0 Å². The fourth-order valence-corrected chi connectivity index (χ4v) is 1.22. The van der Waals surface area contributed by atoms with Gasteiger partial charge in [-0.05, 0) is 25.5 Å². The van der Waals surface area contributed by atoms with E-state index in [4.69, 9.17) is 5.11 Å². The van der Waals surface area contributed by atoms with Crippen LogP contribution in [0.4, 0.5) is 19.0 Å². The van der Waals surface area contributed by atoms with Crippen molar-refractivity contribution < 1.29 is 23.1 Å². The van der Waals surface area contributed by atoms with Gasteiger partial charge in [-0.3, -0.25) is 4.79 Å². The monoisotopic (exact) mass is 277 g/mol. The summed E-state index contributed by atoms with van der Waals surface area (Å²) in [6.07, 6.45) is -4.16. The molecule has 1 aromatic heterocycles. The Morgan fingerprint density at radius 2 is 2.00 bits per heavy atom. The highest BCUT2D eigenvalue weighted by molar-refractivity contribution is 5.74. The summed E-state index contributed by atoms with van der Waals surface area (Å²) < 4.78 is 36.8. The summed E-state index contributed by atoms with van der Waals surface area (Å²) in [5, 5.41) is 18.1. The first-order valence-electron chi connectivity index (χ1n) is 5.57. The molecule has 0 saturated carbocycles. The Hall–Kier alpha value is -1.86. The number of nitrogens with zero attached hydrogens (tertiary/aromatic N) is 2. The van der Waals surface area contributed by atoms with E-state index in [0.29, 0.717) is 6.42 Å². The van der Waals surface area contributed by atoms with E-state index in [1.54, 1.807) is 13.8 Å². The number of rotatable bonds is 5. The van der Waals surface area contributed by atoms with Gasteiger partial charge in [-0.25, -0.2) is 0 Å². The maximum atomic E-state index is 12.3. The van der Waals surface area contributed by atoms with Crippen LogP contribution in [-0.4, -0.2) is 27.8 Å². The number of carboxylic acid groups (broad SMARTS) is 1. The van der Waals surface area contributed by atoms with Gasteiger partial charge in [0.2, 0.25) is 0 Å². The Morgan fingerprint density at radius 3 is 2.37 bits per heavy atom. The molecule has 0 fully saturated rings. The minimum absolute atomic E-state index is 0.0544. The van der Waals surface area contributed by atoms with E-state index in [2.05, 4.69) is 15.5 Å². The molecule has 0 bridgehead atoms. The second-order valence-corrected chi connectivity index (χ2v) is 4.37. The van der Waals surface area contributed by atoms with E-state index < -0.39 is 23.3 Å². The molecule has 8 heteroatoms. The number of halogens is 3. The molecular weight excluding hydrogens is 263 g/mol. The van der Waals surface area contributed by atoms with E-state index in [9.17, 15) is 18.0 Å². The Labute approximate surface area is 107 Å². The largest absolute Gasteiger partial charge is 0.481 e. The number of carboxylic acids is 1. The van der Waals surface area contributed by atoms with Crippen LogP contribution < -0.4 is 5.32 Å². The van der Waals surface area contributed by atoms with Gasteiger partial charge in [-0.1, -0.05) is 6.92 Å². The Morgan fingerprint density at radius 1 is 1.37 bits per heavy atom. The van der Waals surface area contributed by atoms with Gasteiger partial charge in [-0.2, -0.15) is 13.2 Å². The summed E-state index contributed by atoms with van der Waals surface area (Å²) >= 11 is 0. The number of carbonyl (C=O) groups is 1. The number of alkyl halides is 3. The summed E-state index contributed by atoms with van der Waals surface area (Å²) in [6.45, 7) is 3.31. The Kier molecular flexibility index (Phi) is 4.33. The molecule has 1 unspecified atom stereocenters. The van der Waals surface area contributed by atoms with Crippen molar-refractivity contribution in [2.45, 2.75) is 26.4 Å². The molecule has 106 valence electrons. The van der Waals surface area contributed by atoms with E-state index in [0.717, 1.165) is 12.1 Å². The average molecular weight is 277 g/mol.